The summed E-state index contributed by atoms with van der Waals surface area (Å²) in [5.74, 6) is -7.76. The van der Waals surface area contributed by atoms with Crippen molar-refractivity contribution >= 4 is 53.2 Å². The molecule has 0 unspecified atom stereocenters. The fourth-order valence-corrected chi connectivity index (χ4v) is 6.14. The molecular weight excluding hydrogens is 823 g/mol. The molecule has 0 aliphatic carbocycles. The first-order valence-electron chi connectivity index (χ1n) is 21.2. The molecule has 0 bridgehead atoms. The lowest BCUT2D eigenvalue weighted by Gasteiger charge is -2.26. The predicted molar refractivity (Wildman–Crippen MR) is 232 cm³/mol. The molecule has 0 radical (unpaired) electrons. The van der Waals surface area contributed by atoms with Crippen LogP contribution in [0.5, 0.6) is 5.75 Å². The minimum absolute atomic E-state index is 0.0463. The van der Waals surface area contributed by atoms with Gasteiger partial charge in [0.05, 0.1) is 19.1 Å². The third-order valence-corrected chi connectivity index (χ3v) is 9.66. The number of hydrogen-bond donors (Lipinski definition) is 13. The van der Waals surface area contributed by atoms with E-state index in [1.807, 2.05) is 13.8 Å². The molecule has 22 nitrogen and oxygen atoms in total. The Balaban J connectivity index is 2.96. The molecule has 0 spiro atoms. The number of phenols is 1. The summed E-state index contributed by atoms with van der Waals surface area (Å²) in [5, 5.41) is 36.7. The molecule has 0 saturated heterocycles. The maximum absolute atomic E-state index is 13.5. The highest BCUT2D eigenvalue weighted by molar-refractivity contribution is 5.96. The lowest BCUT2D eigenvalue weighted by Crippen LogP contribution is -2.58. The maximum Gasteiger partial charge on any atom is 0.326 e. The summed E-state index contributed by atoms with van der Waals surface area (Å²) in [6.07, 6.45) is 1.81. The second kappa shape index (κ2) is 29.4. The van der Waals surface area contributed by atoms with Gasteiger partial charge in [0.15, 0.2) is 0 Å². The van der Waals surface area contributed by atoms with Crippen molar-refractivity contribution in [2.45, 2.75) is 128 Å². The van der Waals surface area contributed by atoms with E-state index in [0.717, 1.165) is 0 Å². The van der Waals surface area contributed by atoms with Gasteiger partial charge in [-0.15, -0.1) is 0 Å². The zero-order valence-corrected chi connectivity index (χ0v) is 36.7. The molecule has 17 N–H and O–H groups in total. The number of primary amides is 1. The number of nitrogens with two attached hydrogens (primary N) is 4. The van der Waals surface area contributed by atoms with Crippen LogP contribution >= 0.6 is 0 Å². The lowest BCUT2D eigenvalue weighted by atomic mass is 10.0. The summed E-state index contributed by atoms with van der Waals surface area (Å²) in [5.41, 5.74) is 23.0. The molecule has 0 aromatic heterocycles. The molecule has 0 saturated carbocycles. The van der Waals surface area contributed by atoms with Crippen molar-refractivity contribution in [2.24, 2.45) is 34.8 Å². The number of unbranched alkanes of at least 4 members (excludes halogenated alkanes) is 2. The fraction of sp³-hybridized carbons (Fsp3) is 0.634. The Hall–Kier alpha value is -5.87. The molecule has 22 heteroatoms. The molecule has 8 amide bonds. The first kappa shape index (κ1) is 55.1. The largest absolute Gasteiger partial charge is 0.508 e. The van der Waals surface area contributed by atoms with Crippen molar-refractivity contribution in [1.29, 1.82) is 0 Å². The monoisotopic (exact) mass is 892 g/mol. The van der Waals surface area contributed by atoms with Crippen molar-refractivity contribution in [3.05, 3.63) is 29.8 Å². The van der Waals surface area contributed by atoms with Crippen molar-refractivity contribution in [3.63, 3.8) is 0 Å². The topological polar surface area (TPSA) is 382 Å². The smallest absolute Gasteiger partial charge is 0.326 e. The van der Waals surface area contributed by atoms with Crippen LogP contribution in [0.1, 0.15) is 91.0 Å². The number of carboxylic acids is 1. The number of aromatic hydroxyl groups is 1. The molecule has 1 rings (SSSR count). The van der Waals surface area contributed by atoms with Gasteiger partial charge in [0.2, 0.25) is 47.3 Å². The number of carboxylic acid groups (broad SMARTS) is 1. The van der Waals surface area contributed by atoms with Gasteiger partial charge in [-0.2, -0.15) is 0 Å². The second-order valence-electron chi connectivity index (χ2n) is 16.0. The normalized spacial score (nSPS) is 13.9. The van der Waals surface area contributed by atoms with Gasteiger partial charge in [0.1, 0.15) is 36.0 Å². The van der Waals surface area contributed by atoms with Crippen molar-refractivity contribution < 1.29 is 53.4 Å². The van der Waals surface area contributed by atoms with Crippen LogP contribution in [0.15, 0.2) is 24.3 Å². The summed E-state index contributed by atoms with van der Waals surface area (Å²) < 4.78 is 0. The zero-order chi connectivity index (χ0) is 47.6. The van der Waals surface area contributed by atoms with Crippen LogP contribution in [0.3, 0.4) is 0 Å². The highest BCUT2D eigenvalue weighted by Gasteiger charge is 2.32. The summed E-state index contributed by atoms with van der Waals surface area (Å²) >= 11 is 0. The fourth-order valence-electron chi connectivity index (χ4n) is 6.14. The van der Waals surface area contributed by atoms with Crippen LogP contribution in [-0.2, 0) is 49.6 Å². The number of phenolic OH excluding ortho intramolecular Hbond substituents is 1. The average molecular weight is 892 g/mol. The zero-order valence-electron chi connectivity index (χ0n) is 36.7. The minimum atomic E-state index is -1.46. The van der Waals surface area contributed by atoms with E-state index in [4.69, 9.17) is 22.9 Å². The van der Waals surface area contributed by atoms with Gasteiger partial charge in [-0.1, -0.05) is 39.8 Å². The standard InChI is InChI=1S/C41H69N11O11/c1-23(2)19-27(44)36(57)49-29(10-6-8-18-43)39(60)52-35(24(3)4)40(61)47-21-33(55)46-22-34(56)48-28(9-5-7-17-42)37(58)50-30(15-16-32(45)54)38(59)51-31(41(62)63)20-25-11-13-26(53)14-12-25/h11-14,23-24,27-31,35,53H,5-10,15-22,42-44H2,1-4H3,(H2,45,54)(H,46,55)(H,47,61)(H,48,56)(H,49,57)(H,50,58)(H,51,59)(H,52,60)(H,62,63)/t27-,28-,29-,30-,31-,35-/m0/s1. The maximum atomic E-state index is 13.5. The van der Waals surface area contributed by atoms with E-state index >= 15 is 0 Å². The molecule has 0 aliphatic rings. The van der Waals surface area contributed by atoms with Crippen molar-refractivity contribution in [3.8, 4) is 5.75 Å². The number of amides is 8. The van der Waals surface area contributed by atoms with Gasteiger partial charge in [-0.05, 0) is 94.0 Å². The van der Waals surface area contributed by atoms with Crippen LogP contribution in [-0.4, -0.2) is 126 Å². The summed E-state index contributed by atoms with van der Waals surface area (Å²) in [4.78, 5) is 116. The first-order valence-corrected chi connectivity index (χ1v) is 21.2. The van der Waals surface area contributed by atoms with Gasteiger partial charge >= 0.3 is 5.97 Å². The number of carbonyl (C=O) groups excluding carboxylic acids is 8. The molecule has 354 valence electrons. The Morgan fingerprint density at radius 2 is 1.10 bits per heavy atom. The Morgan fingerprint density at radius 3 is 1.60 bits per heavy atom. The van der Waals surface area contributed by atoms with Crippen LogP contribution in [0.25, 0.3) is 0 Å². The molecule has 1 aromatic rings. The average Bonchev–Trinajstić information content (AvgIpc) is 3.21. The van der Waals surface area contributed by atoms with Gasteiger partial charge in [0, 0.05) is 12.8 Å². The number of carbonyl (C=O) groups is 9. The predicted octanol–water partition coefficient (Wildman–Crippen LogP) is -2.77. The molecule has 0 fully saturated rings. The third-order valence-electron chi connectivity index (χ3n) is 9.66. The third kappa shape index (κ3) is 22.7. The van der Waals surface area contributed by atoms with E-state index in [1.54, 1.807) is 13.8 Å². The minimum Gasteiger partial charge on any atom is -0.508 e. The van der Waals surface area contributed by atoms with Crippen LogP contribution in [0.2, 0.25) is 0 Å². The van der Waals surface area contributed by atoms with Gasteiger partial charge in [0.25, 0.3) is 0 Å². The van der Waals surface area contributed by atoms with E-state index in [-0.39, 0.29) is 50.3 Å². The van der Waals surface area contributed by atoms with Crippen LogP contribution in [0.4, 0.5) is 0 Å². The van der Waals surface area contributed by atoms with Gasteiger partial charge in [-0.25, -0.2) is 4.79 Å². The van der Waals surface area contributed by atoms with Crippen LogP contribution in [0, 0.1) is 11.8 Å². The Morgan fingerprint density at radius 1 is 0.603 bits per heavy atom. The Labute approximate surface area is 367 Å². The van der Waals surface area contributed by atoms with Crippen molar-refractivity contribution in [1.82, 2.24) is 37.2 Å². The summed E-state index contributed by atoms with van der Waals surface area (Å²) in [6.45, 7) is 6.60. The number of benzene rings is 1. The number of aliphatic carboxylic acids is 1. The summed E-state index contributed by atoms with van der Waals surface area (Å²) in [7, 11) is 0. The van der Waals surface area contributed by atoms with Crippen LogP contribution < -0.4 is 60.2 Å². The number of nitrogens with one attached hydrogen (secondary N) is 7. The molecular formula is C41H69N11O11. The van der Waals surface area contributed by atoms with Crippen molar-refractivity contribution in [2.75, 3.05) is 26.2 Å². The first-order chi connectivity index (χ1) is 29.7. The SMILES string of the molecule is CC(C)C[C@H](N)C(=O)N[C@@H](CCCCN)C(=O)N[C@H](C(=O)NCC(=O)NCC(=O)N[C@@H](CCCCN)C(=O)N[C@@H](CCC(N)=O)C(=O)N[C@@H](Cc1ccc(O)cc1)C(=O)O)C(C)C. The van der Waals surface area contributed by atoms with Gasteiger partial charge in [-0.3, -0.25) is 38.4 Å². The number of hydrogen-bond acceptors (Lipinski definition) is 13. The second-order valence-corrected chi connectivity index (χ2v) is 16.0. The van der Waals surface area contributed by atoms with E-state index in [9.17, 15) is 53.4 Å². The number of rotatable bonds is 31. The lowest BCUT2D eigenvalue weighted by molar-refractivity contribution is -0.142. The van der Waals surface area contributed by atoms with E-state index < -0.39 is 108 Å². The Bertz CT molecular complexity index is 1680. The highest BCUT2D eigenvalue weighted by Crippen LogP contribution is 2.13. The van der Waals surface area contributed by atoms with Gasteiger partial charge < -0.3 is 70.4 Å². The molecule has 6 atom stereocenters. The summed E-state index contributed by atoms with van der Waals surface area (Å²) in [6, 6.07) is -1.47. The van der Waals surface area contributed by atoms with E-state index in [1.165, 1.54) is 24.3 Å². The quantitative estimate of drug-likeness (QED) is 0.0336. The molecule has 63 heavy (non-hydrogen) atoms. The van der Waals surface area contributed by atoms with E-state index in [2.05, 4.69) is 37.2 Å². The molecule has 1 aromatic carbocycles. The molecule has 0 heterocycles. The molecule has 0 aliphatic heterocycles. The Kier molecular flexibility index (Phi) is 25.8. The highest BCUT2D eigenvalue weighted by atomic mass is 16.4. The van der Waals surface area contributed by atoms with E-state index in [0.29, 0.717) is 44.2 Å².